The summed E-state index contributed by atoms with van der Waals surface area (Å²) in [5, 5.41) is 3.00. The normalized spacial score (nSPS) is 18.0. The highest BCUT2D eigenvalue weighted by atomic mass is 32.2. The summed E-state index contributed by atoms with van der Waals surface area (Å²) in [7, 11) is -3.64. The van der Waals surface area contributed by atoms with Gasteiger partial charge in [0.2, 0.25) is 10.0 Å². The van der Waals surface area contributed by atoms with Crippen LogP contribution < -0.4 is 10.0 Å². The molecule has 1 aromatic rings. The molecule has 1 atom stereocenters. The summed E-state index contributed by atoms with van der Waals surface area (Å²) >= 11 is 0. The molecule has 2 rings (SSSR count). The van der Waals surface area contributed by atoms with Crippen molar-refractivity contribution in [3.63, 3.8) is 0 Å². The minimum Gasteiger partial charge on any atom is -0.350 e. The second-order valence-corrected chi connectivity index (χ2v) is 8.57. The van der Waals surface area contributed by atoms with Crippen LogP contribution in [-0.2, 0) is 10.0 Å². The van der Waals surface area contributed by atoms with Crippen molar-refractivity contribution in [3.05, 3.63) is 29.8 Å². The van der Waals surface area contributed by atoms with Gasteiger partial charge < -0.3 is 5.32 Å². The number of carbonyl (C=O) groups excluding carboxylic acids is 1. The SMILES string of the molecule is C#CCNS(=O)(=O)c1ccc(C(=O)NCC2CCCCN2CCCC)cc1. The molecule has 1 aliphatic rings. The molecule has 0 radical (unpaired) electrons. The first kappa shape index (κ1) is 21.4. The number of rotatable bonds is 9. The number of nitrogens with zero attached hydrogens (tertiary/aromatic N) is 1. The molecular weight excluding hydrogens is 362 g/mol. The number of sulfonamides is 1. The molecule has 0 bridgehead atoms. The zero-order valence-corrected chi connectivity index (χ0v) is 16.7. The maximum atomic E-state index is 12.4. The Bertz CT molecular complexity index is 754. The van der Waals surface area contributed by atoms with Gasteiger partial charge in [-0.2, -0.15) is 4.72 Å². The van der Waals surface area contributed by atoms with Crippen LogP contribution in [0.1, 0.15) is 49.4 Å². The van der Waals surface area contributed by atoms with Gasteiger partial charge in [0.15, 0.2) is 0 Å². The van der Waals surface area contributed by atoms with Crippen LogP contribution in [0.2, 0.25) is 0 Å². The van der Waals surface area contributed by atoms with E-state index in [4.69, 9.17) is 6.42 Å². The second-order valence-electron chi connectivity index (χ2n) is 6.80. The van der Waals surface area contributed by atoms with Crippen LogP contribution in [0.25, 0.3) is 0 Å². The van der Waals surface area contributed by atoms with Crippen LogP contribution in [0.4, 0.5) is 0 Å². The molecule has 6 nitrogen and oxygen atoms in total. The van der Waals surface area contributed by atoms with Crippen LogP contribution in [0.3, 0.4) is 0 Å². The number of piperidine rings is 1. The van der Waals surface area contributed by atoms with Gasteiger partial charge in [0, 0.05) is 18.2 Å². The number of amides is 1. The van der Waals surface area contributed by atoms with Crippen molar-refractivity contribution < 1.29 is 13.2 Å². The number of likely N-dealkylation sites (tertiary alicyclic amines) is 1. The minimum atomic E-state index is -3.64. The standard InChI is InChI=1S/C20H29N3O3S/c1-3-5-14-23-15-7-6-8-18(23)16-21-20(24)17-9-11-19(12-10-17)27(25,26)22-13-4-2/h2,9-12,18,22H,3,5-8,13-16H2,1H3,(H,21,24). The summed E-state index contributed by atoms with van der Waals surface area (Å²) in [5.74, 6) is 2.05. The van der Waals surface area contributed by atoms with E-state index in [0.29, 0.717) is 18.2 Å². The molecule has 1 amide bonds. The van der Waals surface area contributed by atoms with Gasteiger partial charge in [0.05, 0.1) is 11.4 Å². The fourth-order valence-electron chi connectivity index (χ4n) is 3.26. The molecule has 1 aromatic carbocycles. The van der Waals surface area contributed by atoms with E-state index in [9.17, 15) is 13.2 Å². The third-order valence-electron chi connectivity index (χ3n) is 4.84. The summed E-state index contributed by atoms with van der Waals surface area (Å²) in [6.07, 6.45) is 10.9. The Morgan fingerprint density at radius 1 is 1.30 bits per heavy atom. The molecule has 1 unspecified atom stereocenters. The number of carbonyl (C=O) groups is 1. The van der Waals surface area contributed by atoms with Gasteiger partial charge in [-0.1, -0.05) is 25.7 Å². The van der Waals surface area contributed by atoms with Gasteiger partial charge in [-0.15, -0.1) is 6.42 Å². The zero-order chi connectivity index (χ0) is 19.7. The average Bonchev–Trinajstić information content (AvgIpc) is 2.69. The van der Waals surface area contributed by atoms with Gasteiger partial charge in [-0.3, -0.25) is 9.69 Å². The van der Waals surface area contributed by atoms with Gasteiger partial charge in [0.25, 0.3) is 5.91 Å². The lowest BCUT2D eigenvalue weighted by atomic mass is 10.0. The zero-order valence-electron chi connectivity index (χ0n) is 15.9. The van der Waals surface area contributed by atoms with E-state index in [1.54, 1.807) is 0 Å². The molecule has 0 aliphatic carbocycles. The van der Waals surface area contributed by atoms with Crippen LogP contribution >= 0.6 is 0 Å². The number of nitrogens with one attached hydrogen (secondary N) is 2. The lowest BCUT2D eigenvalue weighted by Gasteiger charge is -2.35. The summed E-state index contributed by atoms with van der Waals surface area (Å²) in [6, 6.07) is 6.26. The number of hydrogen-bond acceptors (Lipinski definition) is 4. The number of terminal acetylenes is 1. The van der Waals surface area contributed by atoms with Crippen molar-refractivity contribution in [2.45, 2.75) is 50.0 Å². The smallest absolute Gasteiger partial charge is 0.251 e. The molecule has 1 fully saturated rings. The molecule has 0 spiro atoms. The first-order chi connectivity index (χ1) is 13.0. The van der Waals surface area contributed by atoms with Crippen LogP contribution in [0.5, 0.6) is 0 Å². The Morgan fingerprint density at radius 2 is 2.04 bits per heavy atom. The topological polar surface area (TPSA) is 78.5 Å². The van der Waals surface area contributed by atoms with E-state index in [2.05, 4.69) is 27.8 Å². The second kappa shape index (κ2) is 10.5. The molecule has 7 heteroatoms. The Labute approximate surface area is 162 Å². The lowest BCUT2D eigenvalue weighted by molar-refractivity contribution is 0.0912. The van der Waals surface area contributed by atoms with Gasteiger partial charge in [-0.25, -0.2) is 8.42 Å². The van der Waals surface area contributed by atoms with E-state index in [-0.39, 0.29) is 17.3 Å². The van der Waals surface area contributed by atoms with E-state index >= 15 is 0 Å². The van der Waals surface area contributed by atoms with Crippen LogP contribution in [0.15, 0.2) is 29.2 Å². The first-order valence-electron chi connectivity index (χ1n) is 9.53. The molecule has 1 saturated heterocycles. The molecular formula is C20H29N3O3S. The number of benzene rings is 1. The van der Waals surface area contributed by atoms with Crippen LogP contribution in [-0.4, -0.2) is 51.4 Å². The third-order valence-corrected chi connectivity index (χ3v) is 6.25. The summed E-state index contributed by atoms with van der Waals surface area (Å²) in [6.45, 7) is 4.91. The Morgan fingerprint density at radius 3 is 2.70 bits per heavy atom. The summed E-state index contributed by atoms with van der Waals surface area (Å²) in [5.41, 5.74) is 0.446. The number of hydrogen-bond donors (Lipinski definition) is 2. The van der Waals surface area contributed by atoms with Crippen molar-refractivity contribution >= 4 is 15.9 Å². The summed E-state index contributed by atoms with van der Waals surface area (Å²) in [4.78, 5) is 15.0. The maximum Gasteiger partial charge on any atom is 0.251 e. The Kier molecular flexibility index (Phi) is 8.29. The van der Waals surface area contributed by atoms with Gasteiger partial charge in [-0.05, 0) is 56.6 Å². The van der Waals surface area contributed by atoms with Crippen molar-refractivity contribution in [1.29, 1.82) is 0 Å². The Hall–Kier alpha value is -1.88. The highest BCUT2D eigenvalue weighted by Gasteiger charge is 2.22. The van der Waals surface area contributed by atoms with Gasteiger partial charge >= 0.3 is 0 Å². The predicted molar refractivity (Wildman–Crippen MR) is 107 cm³/mol. The monoisotopic (exact) mass is 391 g/mol. The van der Waals surface area contributed by atoms with E-state index in [1.807, 2.05) is 0 Å². The van der Waals surface area contributed by atoms with Crippen LogP contribution in [0, 0.1) is 12.3 Å². The third kappa shape index (κ3) is 6.35. The molecule has 27 heavy (non-hydrogen) atoms. The summed E-state index contributed by atoms with van der Waals surface area (Å²) < 4.78 is 26.3. The molecule has 0 saturated carbocycles. The van der Waals surface area contributed by atoms with Crippen molar-refractivity contribution in [2.24, 2.45) is 0 Å². The highest BCUT2D eigenvalue weighted by molar-refractivity contribution is 7.89. The highest BCUT2D eigenvalue weighted by Crippen LogP contribution is 2.17. The largest absolute Gasteiger partial charge is 0.350 e. The lowest BCUT2D eigenvalue weighted by Crippen LogP contribution is -2.47. The van der Waals surface area contributed by atoms with Crippen molar-refractivity contribution in [2.75, 3.05) is 26.2 Å². The molecule has 0 aromatic heterocycles. The fraction of sp³-hybridized carbons (Fsp3) is 0.550. The van der Waals surface area contributed by atoms with E-state index in [1.165, 1.54) is 49.9 Å². The predicted octanol–water partition coefficient (Wildman–Crippen LogP) is 1.98. The average molecular weight is 392 g/mol. The van der Waals surface area contributed by atoms with Crippen molar-refractivity contribution in [3.8, 4) is 12.3 Å². The number of unbranched alkanes of at least 4 members (excludes halogenated alkanes) is 1. The van der Waals surface area contributed by atoms with E-state index < -0.39 is 10.0 Å². The maximum absolute atomic E-state index is 12.4. The molecule has 2 N–H and O–H groups in total. The first-order valence-corrected chi connectivity index (χ1v) is 11.0. The fourth-order valence-corrected chi connectivity index (χ4v) is 4.20. The minimum absolute atomic E-state index is 0.0690. The molecule has 1 aliphatic heterocycles. The van der Waals surface area contributed by atoms with Crippen molar-refractivity contribution in [1.82, 2.24) is 14.9 Å². The van der Waals surface area contributed by atoms with Gasteiger partial charge in [0.1, 0.15) is 0 Å². The quantitative estimate of drug-likeness (QED) is 0.631. The Balaban J connectivity index is 1.93. The van der Waals surface area contributed by atoms with E-state index in [0.717, 1.165) is 19.5 Å². The molecule has 1 heterocycles. The molecule has 148 valence electrons.